The van der Waals surface area contributed by atoms with E-state index in [-0.39, 0.29) is 18.3 Å². The molecule has 0 aliphatic heterocycles. The first-order chi connectivity index (χ1) is 9.22. The van der Waals surface area contributed by atoms with Gasteiger partial charge in [0.2, 0.25) is 5.91 Å². The number of amides is 1. The van der Waals surface area contributed by atoms with E-state index in [2.05, 4.69) is 5.32 Å². The topological polar surface area (TPSA) is 55.1 Å². The first-order valence-corrected chi connectivity index (χ1v) is 7.32. The van der Waals surface area contributed by atoms with Crippen molar-refractivity contribution in [1.82, 2.24) is 5.32 Å². The summed E-state index contributed by atoms with van der Waals surface area (Å²) >= 11 is 0. The molecule has 0 spiro atoms. The Morgan fingerprint density at radius 3 is 2.60 bits per heavy atom. The second kappa shape index (κ2) is 6.59. The Morgan fingerprint density at radius 2 is 2.00 bits per heavy atom. The Bertz CT molecular complexity index is 451. The third kappa shape index (κ3) is 3.33. The van der Waals surface area contributed by atoms with Crippen LogP contribution < -0.4 is 11.1 Å². The quantitative estimate of drug-likeness (QED) is 0.895. The molecule has 3 rings (SSSR count). The van der Waals surface area contributed by atoms with E-state index in [1.807, 2.05) is 30.3 Å². The second-order valence-corrected chi connectivity index (χ2v) is 6.09. The van der Waals surface area contributed by atoms with Crippen molar-refractivity contribution >= 4 is 18.3 Å². The van der Waals surface area contributed by atoms with Crippen LogP contribution in [0.15, 0.2) is 30.3 Å². The predicted molar refractivity (Wildman–Crippen MR) is 82.7 cm³/mol. The van der Waals surface area contributed by atoms with E-state index >= 15 is 0 Å². The van der Waals surface area contributed by atoms with Crippen LogP contribution in [0.25, 0.3) is 0 Å². The number of carbonyl (C=O) groups excluding carboxylic acids is 1. The monoisotopic (exact) mass is 294 g/mol. The lowest BCUT2D eigenvalue weighted by Gasteiger charge is -2.24. The van der Waals surface area contributed by atoms with Crippen molar-refractivity contribution in [3.63, 3.8) is 0 Å². The maximum Gasteiger partial charge on any atom is 0.237 e. The van der Waals surface area contributed by atoms with E-state index in [4.69, 9.17) is 5.73 Å². The van der Waals surface area contributed by atoms with Crippen molar-refractivity contribution < 1.29 is 4.79 Å². The van der Waals surface area contributed by atoms with Gasteiger partial charge in [-0.1, -0.05) is 36.8 Å². The van der Waals surface area contributed by atoms with Crippen LogP contribution in [0.3, 0.4) is 0 Å². The number of nitrogens with two attached hydrogens (primary N) is 1. The Labute approximate surface area is 126 Å². The van der Waals surface area contributed by atoms with Crippen molar-refractivity contribution in [2.75, 3.05) is 0 Å². The van der Waals surface area contributed by atoms with Gasteiger partial charge in [0.25, 0.3) is 0 Å². The zero-order chi connectivity index (χ0) is 13.2. The predicted octanol–water partition coefficient (Wildman–Crippen LogP) is 2.28. The van der Waals surface area contributed by atoms with Gasteiger partial charge in [-0.15, -0.1) is 12.4 Å². The number of halogens is 1. The first kappa shape index (κ1) is 15.3. The van der Waals surface area contributed by atoms with Crippen LogP contribution >= 0.6 is 12.4 Å². The lowest BCUT2D eigenvalue weighted by atomic mass is 9.95. The molecule has 4 atom stereocenters. The summed E-state index contributed by atoms with van der Waals surface area (Å²) in [7, 11) is 0. The lowest BCUT2D eigenvalue weighted by molar-refractivity contribution is -0.123. The van der Waals surface area contributed by atoms with E-state index < -0.39 is 6.04 Å². The van der Waals surface area contributed by atoms with Crippen molar-refractivity contribution in [3.8, 4) is 0 Å². The number of benzene rings is 1. The summed E-state index contributed by atoms with van der Waals surface area (Å²) in [5.74, 6) is 1.57. The molecule has 2 fully saturated rings. The maximum atomic E-state index is 12.1. The Balaban J connectivity index is 0.00000147. The smallest absolute Gasteiger partial charge is 0.237 e. The van der Waals surface area contributed by atoms with Crippen LogP contribution in [-0.4, -0.2) is 18.0 Å². The van der Waals surface area contributed by atoms with E-state index in [1.165, 1.54) is 19.3 Å². The average Bonchev–Trinajstić information content (AvgIpc) is 3.02. The highest BCUT2D eigenvalue weighted by Gasteiger charge is 2.40. The van der Waals surface area contributed by atoms with Crippen LogP contribution in [0.5, 0.6) is 0 Å². The minimum atomic E-state index is -0.429. The molecular formula is C16H23ClN2O. The fraction of sp³-hybridized carbons (Fsp3) is 0.562. The average molecular weight is 295 g/mol. The van der Waals surface area contributed by atoms with Crippen LogP contribution in [-0.2, 0) is 11.2 Å². The molecule has 3 nitrogen and oxygen atoms in total. The van der Waals surface area contributed by atoms with Gasteiger partial charge in [0, 0.05) is 6.04 Å². The SMILES string of the molecule is Cl.N[C@@H](Cc1ccccc1)C(=O)NC1CC2CCC1C2. The molecule has 3 N–H and O–H groups in total. The lowest BCUT2D eigenvalue weighted by Crippen LogP contribution is -2.48. The van der Waals surface area contributed by atoms with Crippen LogP contribution in [0.4, 0.5) is 0 Å². The first-order valence-electron chi connectivity index (χ1n) is 7.32. The second-order valence-electron chi connectivity index (χ2n) is 6.09. The highest BCUT2D eigenvalue weighted by atomic mass is 35.5. The fourth-order valence-corrected chi connectivity index (χ4v) is 3.67. The van der Waals surface area contributed by atoms with E-state index in [9.17, 15) is 4.79 Å². The van der Waals surface area contributed by atoms with Gasteiger partial charge in [-0.05, 0) is 43.1 Å². The minimum Gasteiger partial charge on any atom is -0.352 e. The van der Waals surface area contributed by atoms with E-state index in [0.29, 0.717) is 18.4 Å². The molecule has 110 valence electrons. The van der Waals surface area contributed by atoms with Gasteiger partial charge in [0.05, 0.1) is 6.04 Å². The Morgan fingerprint density at radius 1 is 1.25 bits per heavy atom. The molecular weight excluding hydrogens is 272 g/mol. The highest BCUT2D eigenvalue weighted by Crippen LogP contribution is 2.44. The summed E-state index contributed by atoms with van der Waals surface area (Å²) in [4.78, 5) is 12.1. The van der Waals surface area contributed by atoms with Crippen LogP contribution in [0.2, 0.25) is 0 Å². The van der Waals surface area contributed by atoms with Crippen molar-refractivity contribution in [2.45, 2.75) is 44.2 Å². The highest BCUT2D eigenvalue weighted by molar-refractivity contribution is 5.85. The molecule has 2 saturated carbocycles. The molecule has 1 aromatic carbocycles. The minimum absolute atomic E-state index is 0. The molecule has 0 aromatic heterocycles. The summed E-state index contributed by atoms with van der Waals surface area (Å²) in [6.07, 6.45) is 5.72. The number of fused-ring (bicyclic) bond motifs is 2. The molecule has 2 aliphatic rings. The molecule has 4 heteroatoms. The van der Waals surface area contributed by atoms with Crippen LogP contribution in [0.1, 0.15) is 31.2 Å². The third-order valence-corrected chi connectivity index (χ3v) is 4.70. The Hall–Kier alpha value is -1.06. The molecule has 1 aromatic rings. The largest absolute Gasteiger partial charge is 0.352 e. The normalized spacial score (nSPS) is 28.8. The van der Waals surface area contributed by atoms with Crippen molar-refractivity contribution in [2.24, 2.45) is 17.6 Å². The van der Waals surface area contributed by atoms with Crippen molar-refractivity contribution in [3.05, 3.63) is 35.9 Å². The molecule has 0 radical (unpaired) electrons. The van der Waals surface area contributed by atoms with Gasteiger partial charge >= 0.3 is 0 Å². The van der Waals surface area contributed by atoms with Gasteiger partial charge in [-0.2, -0.15) is 0 Å². The van der Waals surface area contributed by atoms with Gasteiger partial charge < -0.3 is 11.1 Å². The van der Waals surface area contributed by atoms with Gasteiger partial charge in [0.15, 0.2) is 0 Å². The fourth-order valence-electron chi connectivity index (χ4n) is 3.67. The van der Waals surface area contributed by atoms with Gasteiger partial charge in [-0.3, -0.25) is 4.79 Å². The summed E-state index contributed by atoms with van der Waals surface area (Å²) in [5, 5.41) is 3.17. The standard InChI is InChI=1S/C16H22N2O.ClH/c17-14(9-11-4-2-1-3-5-11)16(19)18-15-10-12-6-7-13(15)8-12;/h1-5,12-15H,6-10,17H2,(H,18,19);1H/t12?,13?,14-,15?;/m0./s1. The summed E-state index contributed by atoms with van der Waals surface area (Å²) in [5.41, 5.74) is 7.14. The van der Waals surface area contributed by atoms with Gasteiger partial charge in [0.1, 0.15) is 0 Å². The number of rotatable bonds is 4. The summed E-state index contributed by atoms with van der Waals surface area (Å²) in [6, 6.07) is 9.93. The maximum absolute atomic E-state index is 12.1. The summed E-state index contributed by atoms with van der Waals surface area (Å²) < 4.78 is 0. The molecule has 1 amide bonds. The zero-order valence-corrected chi connectivity index (χ0v) is 12.4. The summed E-state index contributed by atoms with van der Waals surface area (Å²) in [6.45, 7) is 0. The number of hydrogen-bond donors (Lipinski definition) is 2. The molecule has 0 heterocycles. The van der Waals surface area contributed by atoms with Gasteiger partial charge in [-0.25, -0.2) is 0 Å². The molecule has 3 unspecified atom stereocenters. The van der Waals surface area contributed by atoms with E-state index in [1.54, 1.807) is 0 Å². The van der Waals surface area contributed by atoms with E-state index in [0.717, 1.165) is 17.9 Å². The molecule has 0 saturated heterocycles. The number of hydrogen-bond acceptors (Lipinski definition) is 2. The Kier molecular flexibility index (Phi) is 5.06. The third-order valence-electron chi connectivity index (χ3n) is 4.70. The number of nitrogens with one attached hydrogen (secondary N) is 1. The number of carbonyl (C=O) groups is 1. The molecule has 2 aliphatic carbocycles. The molecule has 20 heavy (non-hydrogen) atoms. The molecule has 2 bridgehead atoms. The zero-order valence-electron chi connectivity index (χ0n) is 11.6. The van der Waals surface area contributed by atoms with Crippen molar-refractivity contribution in [1.29, 1.82) is 0 Å². The van der Waals surface area contributed by atoms with Crippen LogP contribution in [0, 0.1) is 11.8 Å².